The first-order valence-corrected chi connectivity index (χ1v) is 9.66. The van der Waals surface area contributed by atoms with Gasteiger partial charge in [-0.3, -0.25) is 14.2 Å². The van der Waals surface area contributed by atoms with Crippen molar-refractivity contribution in [1.29, 1.82) is 5.26 Å². The highest BCUT2D eigenvalue weighted by Crippen LogP contribution is 2.11. The molecule has 6 nitrogen and oxygen atoms in total. The number of benzene rings is 1. The quantitative estimate of drug-likeness (QED) is 0.761. The molecule has 0 aliphatic carbocycles. The molecule has 0 spiro atoms. The van der Waals surface area contributed by atoms with Gasteiger partial charge in [0, 0.05) is 20.2 Å². The Labute approximate surface area is 161 Å². The summed E-state index contributed by atoms with van der Waals surface area (Å²) >= 11 is 1.18. The molecule has 1 fully saturated rings. The minimum absolute atomic E-state index is 0.0304. The Morgan fingerprint density at radius 3 is 2.63 bits per heavy atom. The monoisotopic (exact) mass is 383 g/mol. The van der Waals surface area contributed by atoms with Gasteiger partial charge in [0.1, 0.15) is 10.7 Å². The van der Waals surface area contributed by atoms with E-state index in [1.165, 1.54) is 15.9 Å². The fourth-order valence-corrected chi connectivity index (χ4v) is 4.18. The summed E-state index contributed by atoms with van der Waals surface area (Å²) in [6.07, 6.45) is 3.67. The molecule has 2 heterocycles. The van der Waals surface area contributed by atoms with Crippen LogP contribution in [0.2, 0.25) is 0 Å². The number of rotatable bonds is 5. The molecule has 3 rings (SSSR count). The highest BCUT2D eigenvalue weighted by atomic mass is 32.1. The van der Waals surface area contributed by atoms with Crippen LogP contribution in [0.15, 0.2) is 35.1 Å². The van der Waals surface area contributed by atoms with Gasteiger partial charge < -0.3 is 9.64 Å². The average Bonchev–Trinajstić information content (AvgIpc) is 3.32. The molecule has 0 radical (unpaired) electrons. The third kappa shape index (κ3) is 4.18. The van der Waals surface area contributed by atoms with Crippen molar-refractivity contribution >= 4 is 28.9 Å². The Morgan fingerprint density at radius 2 is 2.00 bits per heavy atom. The van der Waals surface area contributed by atoms with Gasteiger partial charge in [-0.05, 0) is 24.5 Å². The number of ether oxygens (including phenoxy) is 1. The van der Waals surface area contributed by atoms with Crippen LogP contribution < -0.4 is 14.8 Å². The van der Waals surface area contributed by atoms with Crippen LogP contribution in [0.25, 0.3) is 11.6 Å². The minimum Gasteiger partial charge on any atom is -0.383 e. The summed E-state index contributed by atoms with van der Waals surface area (Å²) in [5, 5.41) is 9.67. The average molecular weight is 383 g/mol. The molecule has 0 atom stereocenters. The second kappa shape index (κ2) is 8.80. The molecule has 2 aromatic rings. The van der Waals surface area contributed by atoms with E-state index < -0.39 is 0 Å². The summed E-state index contributed by atoms with van der Waals surface area (Å²) in [6, 6.07) is 11.5. The maximum Gasteiger partial charge on any atom is 0.269 e. The number of methoxy groups -OCH3 is 1. The summed E-state index contributed by atoms with van der Waals surface area (Å²) in [7, 11) is 1.55. The van der Waals surface area contributed by atoms with Crippen LogP contribution >= 0.6 is 11.3 Å². The molecule has 1 aromatic carbocycles. The normalized spacial score (nSPS) is 15.7. The highest BCUT2D eigenvalue weighted by Gasteiger charge is 2.24. The van der Waals surface area contributed by atoms with Gasteiger partial charge in [0.05, 0.1) is 17.7 Å². The van der Waals surface area contributed by atoms with Crippen molar-refractivity contribution in [2.24, 2.45) is 0 Å². The lowest BCUT2D eigenvalue weighted by Gasteiger charge is -2.14. The number of hydrogen-bond donors (Lipinski definition) is 0. The number of amides is 1. The van der Waals surface area contributed by atoms with E-state index in [2.05, 4.69) is 0 Å². The number of nitriles is 1. The Bertz CT molecular complexity index is 1030. The SMILES string of the molecule is COCCn1c(=O)/c(=C/c2ccccc2)s/c1=C(\C#N)C(=O)N1CCCC1. The van der Waals surface area contributed by atoms with Crippen LogP contribution in [0.3, 0.4) is 0 Å². The predicted octanol–water partition coefficient (Wildman–Crippen LogP) is 0.682. The van der Waals surface area contributed by atoms with Crippen LogP contribution in [0.5, 0.6) is 0 Å². The predicted molar refractivity (Wildman–Crippen MR) is 105 cm³/mol. The van der Waals surface area contributed by atoms with Crippen LogP contribution in [0.4, 0.5) is 0 Å². The second-order valence-electron chi connectivity index (χ2n) is 6.26. The zero-order valence-electron chi connectivity index (χ0n) is 15.2. The zero-order chi connectivity index (χ0) is 19.2. The van der Waals surface area contributed by atoms with Crippen LogP contribution in [0.1, 0.15) is 18.4 Å². The molecule has 0 unspecified atom stereocenters. The minimum atomic E-state index is -0.298. The molecule has 27 heavy (non-hydrogen) atoms. The van der Waals surface area contributed by atoms with E-state index in [-0.39, 0.29) is 17.0 Å². The maximum atomic E-state index is 12.9. The lowest BCUT2D eigenvalue weighted by atomic mass is 10.2. The van der Waals surface area contributed by atoms with Crippen molar-refractivity contribution in [3.05, 3.63) is 55.4 Å². The van der Waals surface area contributed by atoms with Gasteiger partial charge in [-0.25, -0.2) is 0 Å². The maximum absolute atomic E-state index is 12.9. The molecule has 0 N–H and O–H groups in total. The molecule has 140 valence electrons. The molecule has 7 heteroatoms. The van der Waals surface area contributed by atoms with E-state index in [1.54, 1.807) is 18.1 Å². The van der Waals surface area contributed by atoms with E-state index >= 15 is 0 Å². The van der Waals surface area contributed by atoms with Crippen LogP contribution in [-0.4, -0.2) is 42.2 Å². The van der Waals surface area contributed by atoms with Crippen molar-refractivity contribution in [3.63, 3.8) is 0 Å². The van der Waals surface area contributed by atoms with Crippen molar-refractivity contribution in [2.75, 3.05) is 26.8 Å². The first-order valence-electron chi connectivity index (χ1n) is 8.84. The lowest BCUT2D eigenvalue weighted by molar-refractivity contribution is -0.123. The molecule has 1 amide bonds. The second-order valence-corrected chi connectivity index (χ2v) is 7.29. The van der Waals surface area contributed by atoms with E-state index in [9.17, 15) is 14.9 Å². The first kappa shape index (κ1) is 19.1. The number of nitrogens with zero attached hydrogens (tertiary/aromatic N) is 3. The van der Waals surface area contributed by atoms with Crippen LogP contribution in [0, 0.1) is 11.3 Å². The first-order chi connectivity index (χ1) is 13.2. The van der Waals surface area contributed by atoms with E-state index in [1.807, 2.05) is 36.4 Å². The lowest BCUT2D eigenvalue weighted by Crippen LogP contribution is -2.36. The summed E-state index contributed by atoms with van der Waals surface area (Å²) in [4.78, 5) is 27.4. The fourth-order valence-electron chi connectivity index (χ4n) is 3.06. The van der Waals surface area contributed by atoms with E-state index in [4.69, 9.17) is 4.74 Å². The van der Waals surface area contributed by atoms with Gasteiger partial charge in [0.15, 0.2) is 5.57 Å². The third-order valence-corrected chi connectivity index (χ3v) is 5.59. The number of aromatic nitrogens is 1. The number of carbonyl (C=O) groups excluding carboxylic acids is 1. The zero-order valence-corrected chi connectivity index (χ0v) is 16.0. The highest BCUT2D eigenvalue weighted by molar-refractivity contribution is 7.07. The summed E-state index contributed by atoms with van der Waals surface area (Å²) in [5.41, 5.74) is 0.714. The number of carbonyl (C=O) groups is 1. The van der Waals surface area contributed by atoms with Gasteiger partial charge in [-0.15, -0.1) is 11.3 Å². The van der Waals surface area contributed by atoms with Crippen LogP contribution in [-0.2, 0) is 16.1 Å². The number of thiazole rings is 1. The number of likely N-dealkylation sites (tertiary alicyclic amines) is 1. The van der Waals surface area contributed by atoms with Crippen molar-refractivity contribution in [1.82, 2.24) is 9.47 Å². The molecule has 1 aliphatic rings. The summed E-state index contributed by atoms with van der Waals surface area (Å²) in [6.45, 7) is 1.93. The standard InChI is InChI=1S/C20H21N3O3S/c1-26-12-11-23-19(25)17(13-15-7-3-2-4-8-15)27-20(23)16(14-21)18(24)22-9-5-6-10-22/h2-4,7-8,13H,5-6,9-12H2,1H3/b17-13-,20-16+. The Balaban J connectivity index is 2.19. The molecule has 1 aromatic heterocycles. The van der Waals surface area contributed by atoms with Crippen molar-refractivity contribution in [2.45, 2.75) is 19.4 Å². The summed E-state index contributed by atoms with van der Waals surface area (Å²) in [5.74, 6) is -0.298. The van der Waals surface area contributed by atoms with Crippen molar-refractivity contribution in [3.8, 4) is 6.07 Å². The van der Waals surface area contributed by atoms with E-state index in [0.29, 0.717) is 35.4 Å². The Hall–Kier alpha value is -2.69. The molecule has 0 bridgehead atoms. The Morgan fingerprint density at radius 1 is 1.30 bits per heavy atom. The largest absolute Gasteiger partial charge is 0.383 e. The smallest absolute Gasteiger partial charge is 0.269 e. The molecule has 1 saturated heterocycles. The molecule has 0 saturated carbocycles. The van der Waals surface area contributed by atoms with Gasteiger partial charge in [-0.1, -0.05) is 30.3 Å². The van der Waals surface area contributed by atoms with Gasteiger partial charge in [0.2, 0.25) is 0 Å². The van der Waals surface area contributed by atoms with Gasteiger partial charge in [-0.2, -0.15) is 5.26 Å². The number of hydrogen-bond acceptors (Lipinski definition) is 5. The molecular weight excluding hydrogens is 362 g/mol. The van der Waals surface area contributed by atoms with Gasteiger partial charge in [0.25, 0.3) is 11.5 Å². The van der Waals surface area contributed by atoms with E-state index in [0.717, 1.165) is 18.4 Å². The topological polar surface area (TPSA) is 75.3 Å². The Kier molecular flexibility index (Phi) is 6.22. The molecule has 1 aliphatic heterocycles. The van der Waals surface area contributed by atoms with Gasteiger partial charge >= 0.3 is 0 Å². The van der Waals surface area contributed by atoms with Crippen molar-refractivity contribution < 1.29 is 9.53 Å². The molecular formula is C20H21N3O3S. The third-order valence-electron chi connectivity index (χ3n) is 4.46. The fraction of sp³-hybridized carbons (Fsp3) is 0.350. The summed E-state index contributed by atoms with van der Waals surface area (Å²) < 4.78 is 7.48.